The lowest BCUT2D eigenvalue weighted by atomic mass is 10.1. The highest BCUT2D eigenvalue weighted by molar-refractivity contribution is 7.85. The summed E-state index contributed by atoms with van der Waals surface area (Å²) < 4.78 is 17.4. The fourth-order valence-electron chi connectivity index (χ4n) is 5.54. The lowest BCUT2D eigenvalue weighted by molar-refractivity contribution is 0.592. The predicted molar refractivity (Wildman–Crippen MR) is 158 cm³/mol. The SMILES string of the molecule is O=P(c1ccccc1)(c1ccccc1)c1ccc2c(c1)c1ccccc1n2-c1cccc2ccccc12. The summed E-state index contributed by atoms with van der Waals surface area (Å²) in [5.74, 6) is 0. The van der Waals surface area contributed by atoms with Gasteiger partial charge in [0.2, 0.25) is 0 Å². The average Bonchev–Trinajstić information content (AvgIpc) is 3.31. The number of hydrogen-bond donors (Lipinski definition) is 0. The van der Waals surface area contributed by atoms with Gasteiger partial charge in [0, 0.05) is 32.1 Å². The van der Waals surface area contributed by atoms with E-state index in [0.29, 0.717) is 0 Å². The Hall–Kier alpha value is -4.39. The summed E-state index contributed by atoms with van der Waals surface area (Å²) in [6, 6.07) is 49.6. The van der Waals surface area contributed by atoms with Crippen molar-refractivity contribution in [2.45, 2.75) is 0 Å². The van der Waals surface area contributed by atoms with Crippen LogP contribution in [0.25, 0.3) is 38.3 Å². The Labute approximate surface area is 215 Å². The molecular formula is C34H24NOP. The number of rotatable bonds is 4. The molecule has 3 heteroatoms. The molecular weight excluding hydrogens is 469 g/mol. The molecule has 7 aromatic rings. The molecule has 0 atom stereocenters. The second-order valence-electron chi connectivity index (χ2n) is 9.33. The fraction of sp³-hybridized carbons (Fsp3) is 0. The number of hydrogen-bond acceptors (Lipinski definition) is 1. The Balaban J connectivity index is 1.55. The molecule has 176 valence electrons. The van der Waals surface area contributed by atoms with E-state index < -0.39 is 7.14 Å². The summed E-state index contributed by atoms with van der Waals surface area (Å²) in [4.78, 5) is 0. The van der Waals surface area contributed by atoms with Gasteiger partial charge in [0.25, 0.3) is 0 Å². The van der Waals surface area contributed by atoms with Crippen LogP contribution in [0.2, 0.25) is 0 Å². The van der Waals surface area contributed by atoms with Gasteiger partial charge in [0.1, 0.15) is 0 Å². The molecule has 0 unspecified atom stereocenters. The van der Waals surface area contributed by atoms with Crippen molar-refractivity contribution in [1.29, 1.82) is 0 Å². The first kappa shape index (κ1) is 21.9. The molecule has 0 aliphatic carbocycles. The Morgan fingerprint density at radius 3 is 1.73 bits per heavy atom. The fourth-order valence-corrected chi connectivity index (χ4v) is 8.22. The largest absolute Gasteiger partial charge is 0.309 e. The highest BCUT2D eigenvalue weighted by atomic mass is 31.2. The van der Waals surface area contributed by atoms with E-state index in [0.717, 1.165) is 43.4 Å². The topological polar surface area (TPSA) is 22.0 Å². The van der Waals surface area contributed by atoms with E-state index in [9.17, 15) is 0 Å². The lowest BCUT2D eigenvalue weighted by Crippen LogP contribution is -2.24. The van der Waals surface area contributed by atoms with E-state index in [4.69, 9.17) is 0 Å². The summed E-state index contributed by atoms with van der Waals surface area (Å²) in [7, 11) is -3.07. The molecule has 0 radical (unpaired) electrons. The first-order valence-electron chi connectivity index (χ1n) is 12.5. The van der Waals surface area contributed by atoms with Crippen LogP contribution in [0, 0.1) is 0 Å². The molecule has 37 heavy (non-hydrogen) atoms. The quantitative estimate of drug-likeness (QED) is 0.232. The van der Waals surface area contributed by atoms with Gasteiger partial charge in [0.15, 0.2) is 7.14 Å². The van der Waals surface area contributed by atoms with Crippen LogP contribution in [0.3, 0.4) is 0 Å². The molecule has 0 amide bonds. The monoisotopic (exact) mass is 493 g/mol. The minimum Gasteiger partial charge on any atom is -0.309 e. The zero-order valence-corrected chi connectivity index (χ0v) is 21.1. The van der Waals surface area contributed by atoms with Crippen LogP contribution in [0.1, 0.15) is 0 Å². The Morgan fingerprint density at radius 2 is 1.00 bits per heavy atom. The van der Waals surface area contributed by atoms with Crippen LogP contribution < -0.4 is 15.9 Å². The molecule has 2 nitrogen and oxygen atoms in total. The zero-order valence-electron chi connectivity index (χ0n) is 20.2. The predicted octanol–water partition coefficient (Wildman–Crippen LogP) is 7.58. The molecule has 0 aliphatic rings. The van der Waals surface area contributed by atoms with Crippen LogP contribution in [0.4, 0.5) is 0 Å². The van der Waals surface area contributed by atoms with Gasteiger partial charge in [-0.15, -0.1) is 0 Å². The Morgan fingerprint density at radius 1 is 0.432 bits per heavy atom. The number of fused-ring (bicyclic) bond motifs is 4. The number of para-hydroxylation sites is 1. The Kier molecular flexibility index (Phi) is 5.09. The smallest absolute Gasteiger partial charge is 0.171 e. The molecule has 7 rings (SSSR count). The highest BCUT2D eigenvalue weighted by Crippen LogP contribution is 2.44. The van der Waals surface area contributed by atoms with E-state index in [1.807, 2.05) is 60.7 Å². The van der Waals surface area contributed by atoms with Gasteiger partial charge in [-0.05, 0) is 35.7 Å². The van der Waals surface area contributed by atoms with Crippen LogP contribution >= 0.6 is 7.14 Å². The summed E-state index contributed by atoms with van der Waals surface area (Å²) >= 11 is 0. The second kappa shape index (κ2) is 8.62. The number of aromatic nitrogens is 1. The van der Waals surface area contributed by atoms with Crippen molar-refractivity contribution >= 4 is 55.6 Å². The third-order valence-corrected chi connectivity index (χ3v) is 10.3. The van der Waals surface area contributed by atoms with E-state index in [1.165, 1.54) is 10.8 Å². The molecule has 0 fully saturated rings. The van der Waals surface area contributed by atoms with Crippen LogP contribution in [0.15, 0.2) is 146 Å². The van der Waals surface area contributed by atoms with Crippen LogP contribution in [-0.4, -0.2) is 4.57 Å². The van der Waals surface area contributed by atoms with Crippen LogP contribution in [0.5, 0.6) is 0 Å². The summed E-state index contributed by atoms with van der Waals surface area (Å²) in [6.07, 6.45) is 0. The first-order valence-corrected chi connectivity index (χ1v) is 14.2. The number of benzene rings is 6. The summed E-state index contributed by atoms with van der Waals surface area (Å²) in [5, 5.41) is 7.21. The van der Waals surface area contributed by atoms with Gasteiger partial charge >= 0.3 is 0 Å². The first-order chi connectivity index (χ1) is 18.2. The van der Waals surface area contributed by atoms with Crippen molar-refractivity contribution in [3.8, 4) is 5.69 Å². The van der Waals surface area contributed by atoms with E-state index in [1.54, 1.807) is 0 Å². The van der Waals surface area contributed by atoms with Crippen molar-refractivity contribution < 1.29 is 4.57 Å². The summed E-state index contributed by atoms with van der Waals surface area (Å²) in [5.41, 5.74) is 3.39. The normalized spacial score (nSPS) is 11.9. The maximum Gasteiger partial charge on any atom is 0.171 e. The number of nitrogens with zero attached hydrogens (tertiary/aromatic N) is 1. The van der Waals surface area contributed by atoms with Crippen molar-refractivity contribution in [3.63, 3.8) is 0 Å². The Bertz CT molecular complexity index is 1910. The van der Waals surface area contributed by atoms with Crippen molar-refractivity contribution in [2.75, 3.05) is 0 Å². The third-order valence-electron chi connectivity index (χ3n) is 7.27. The summed E-state index contributed by atoms with van der Waals surface area (Å²) in [6.45, 7) is 0. The average molecular weight is 494 g/mol. The van der Waals surface area contributed by atoms with Gasteiger partial charge in [0.05, 0.1) is 16.7 Å². The van der Waals surface area contributed by atoms with E-state index >= 15 is 4.57 Å². The molecule has 0 saturated heterocycles. The molecule has 0 N–H and O–H groups in total. The maximum atomic E-state index is 15.0. The van der Waals surface area contributed by atoms with Gasteiger partial charge in [-0.2, -0.15) is 0 Å². The van der Waals surface area contributed by atoms with Gasteiger partial charge < -0.3 is 9.13 Å². The van der Waals surface area contributed by atoms with Gasteiger partial charge in [-0.1, -0.05) is 115 Å². The van der Waals surface area contributed by atoms with Gasteiger partial charge in [-0.3, -0.25) is 0 Å². The maximum absolute atomic E-state index is 15.0. The molecule has 0 saturated carbocycles. The second-order valence-corrected chi connectivity index (χ2v) is 12.1. The van der Waals surface area contributed by atoms with Gasteiger partial charge in [-0.25, -0.2) is 0 Å². The minimum absolute atomic E-state index is 0.846. The lowest BCUT2D eigenvalue weighted by Gasteiger charge is -2.20. The van der Waals surface area contributed by atoms with E-state index in [-0.39, 0.29) is 0 Å². The molecule has 1 aromatic heterocycles. The standard InChI is InChI=1S/C34H24NOP/c36-37(26-14-3-1-4-15-26,27-16-5-2-6-17-27)28-22-23-34-31(24-28)30-19-9-10-20-33(30)35(34)32-21-11-13-25-12-7-8-18-29(25)32/h1-24H. The van der Waals surface area contributed by atoms with Crippen molar-refractivity contribution in [3.05, 3.63) is 146 Å². The van der Waals surface area contributed by atoms with Crippen molar-refractivity contribution in [2.24, 2.45) is 0 Å². The molecule has 1 heterocycles. The van der Waals surface area contributed by atoms with Crippen molar-refractivity contribution in [1.82, 2.24) is 4.57 Å². The zero-order chi connectivity index (χ0) is 24.8. The molecule has 6 aromatic carbocycles. The van der Waals surface area contributed by atoms with E-state index in [2.05, 4.69) is 89.5 Å². The molecule has 0 bridgehead atoms. The minimum atomic E-state index is -3.07. The van der Waals surface area contributed by atoms with Crippen LogP contribution in [-0.2, 0) is 4.57 Å². The molecule has 0 aliphatic heterocycles. The third kappa shape index (κ3) is 3.38. The highest BCUT2D eigenvalue weighted by Gasteiger charge is 2.30. The molecule has 0 spiro atoms.